The number of nitrogens with zero attached hydrogens (tertiary/aromatic N) is 2. The molecule has 2 heterocycles. The van der Waals surface area contributed by atoms with Gasteiger partial charge in [0.25, 0.3) is 5.91 Å². The number of carbonyl (C=O) groups excluding carboxylic acids is 1. The molecule has 0 unspecified atom stereocenters. The Balaban J connectivity index is 1.66. The van der Waals surface area contributed by atoms with Crippen molar-refractivity contribution in [1.29, 1.82) is 0 Å². The van der Waals surface area contributed by atoms with Gasteiger partial charge in [-0.3, -0.25) is 10.1 Å². The number of rotatable bonds is 6. The zero-order valence-electron chi connectivity index (χ0n) is 13.1. The van der Waals surface area contributed by atoms with E-state index < -0.39 is 0 Å². The van der Waals surface area contributed by atoms with Crippen molar-refractivity contribution in [3.8, 4) is 0 Å². The van der Waals surface area contributed by atoms with Crippen LogP contribution in [0.2, 0.25) is 10.0 Å². The normalized spacial score (nSPS) is 10.8. The molecule has 1 N–H and O–H groups in total. The molecule has 0 saturated heterocycles. The minimum atomic E-state index is -0.291. The molecule has 3 rings (SSSR count). The summed E-state index contributed by atoms with van der Waals surface area (Å²) in [5.41, 5.74) is 1.27. The van der Waals surface area contributed by atoms with Crippen LogP contribution in [0.5, 0.6) is 0 Å². The second kappa shape index (κ2) is 8.25. The predicted molar refractivity (Wildman–Crippen MR) is 102 cm³/mol. The van der Waals surface area contributed by atoms with Crippen LogP contribution < -0.4 is 5.32 Å². The highest BCUT2D eigenvalue weighted by molar-refractivity contribution is 7.15. The molecule has 1 aromatic carbocycles. The van der Waals surface area contributed by atoms with Crippen molar-refractivity contribution in [1.82, 2.24) is 9.97 Å². The van der Waals surface area contributed by atoms with Crippen LogP contribution in [0.4, 0.5) is 5.13 Å². The van der Waals surface area contributed by atoms with Gasteiger partial charge < -0.3 is 4.74 Å². The molecule has 130 valence electrons. The van der Waals surface area contributed by atoms with Gasteiger partial charge in [-0.25, -0.2) is 9.97 Å². The second-order valence-electron chi connectivity index (χ2n) is 5.06. The molecule has 0 bridgehead atoms. The van der Waals surface area contributed by atoms with Crippen molar-refractivity contribution in [2.75, 3.05) is 12.4 Å². The first-order chi connectivity index (χ1) is 12.0. The first-order valence-corrected chi connectivity index (χ1v) is 9.63. The number of thiazole rings is 2. The predicted octanol–water partition coefficient (Wildman–Crippen LogP) is 4.90. The molecule has 25 heavy (non-hydrogen) atoms. The van der Waals surface area contributed by atoms with E-state index in [1.165, 1.54) is 22.7 Å². The lowest BCUT2D eigenvalue weighted by molar-refractivity contribution is 0.102. The van der Waals surface area contributed by atoms with E-state index >= 15 is 0 Å². The van der Waals surface area contributed by atoms with Crippen molar-refractivity contribution >= 4 is 56.9 Å². The first-order valence-electron chi connectivity index (χ1n) is 7.18. The fourth-order valence-corrected chi connectivity index (χ4v) is 4.03. The molecule has 5 nitrogen and oxygen atoms in total. The summed E-state index contributed by atoms with van der Waals surface area (Å²) in [6, 6.07) is 5.34. The number of hydrogen-bond donors (Lipinski definition) is 1. The molecular weight excluding hydrogens is 401 g/mol. The van der Waals surface area contributed by atoms with Crippen LogP contribution in [0.15, 0.2) is 29.8 Å². The van der Waals surface area contributed by atoms with E-state index in [1.54, 1.807) is 30.8 Å². The zero-order chi connectivity index (χ0) is 17.8. The summed E-state index contributed by atoms with van der Waals surface area (Å²) >= 11 is 15.0. The van der Waals surface area contributed by atoms with Crippen LogP contribution in [0.3, 0.4) is 0 Å². The zero-order valence-corrected chi connectivity index (χ0v) is 16.2. The average molecular weight is 414 g/mol. The average Bonchev–Trinajstić information content (AvgIpc) is 3.21. The van der Waals surface area contributed by atoms with E-state index in [2.05, 4.69) is 15.3 Å². The number of carbonyl (C=O) groups is 1. The molecule has 0 aliphatic heterocycles. The number of halogens is 2. The van der Waals surface area contributed by atoms with Crippen LogP contribution in [-0.2, 0) is 17.8 Å². The van der Waals surface area contributed by atoms with Gasteiger partial charge in [-0.1, -0.05) is 23.2 Å². The third-order valence-electron chi connectivity index (χ3n) is 3.20. The number of amides is 1. The first kappa shape index (κ1) is 18.3. The van der Waals surface area contributed by atoms with E-state index in [0.717, 1.165) is 15.4 Å². The number of aromatic nitrogens is 2. The number of methoxy groups -OCH3 is 1. The fourth-order valence-electron chi connectivity index (χ4n) is 2.08. The second-order valence-corrected chi connectivity index (χ2v) is 7.96. The summed E-state index contributed by atoms with van der Waals surface area (Å²) < 4.78 is 5.00. The molecule has 9 heteroatoms. The Bertz CT molecular complexity index is 895. The number of ether oxygens (including phenoxy) is 1. The largest absolute Gasteiger partial charge is 0.378 e. The Morgan fingerprint density at radius 3 is 3.00 bits per heavy atom. The monoisotopic (exact) mass is 413 g/mol. The molecule has 0 atom stereocenters. The van der Waals surface area contributed by atoms with Gasteiger partial charge in [-0.05, 0) is 23.8 Å². The van der Waals surface area contributed by atoms with Crippen molar-refractivity contribution in [2.45, 2.75) is 13.0 Å². The molecule has 1 amide bonds. The summed E-state index contributed by atoms with van der Waals surface area (Å²) in [6.07, 6.45) is 2.32. The van der Waals surface area contributed by atoms with Crippen LogP contribution >= 0.6 is 45.9 Å². The number of benzene rings is 1. The molecule has 3 aromatic rings. The minimum absolute atomic E-state index is 0.291. The Morgan fingerprint density at radius 2 is 2.20 bits per heavy atom. The Kier molecular flexibility index (Phi) is 6.03. The maximum Gasteiger partial charge on any atom is 0.276 e. The molecule has 0 saturated carbocycles. The smallest absolute Gasteiger partial charge is 0.276 e. The van der Waals surface area contributed by atoms with Gasteiger partial charge in [-0.2, -0.15) is 0 Å². The lowest BCUT2D eigenvalue weighted by Gasteiger charge is -2.02. The van der Waals surface area contributed by atoms with E-state index in [1.807, 2.05) is 6.07 Å². The highest BCUT2D eigenvalue weighted by Gasteiger charge is 2.13. The molecule has 0 aliphatic carbocycles. The summed E-state index contributed by atoms with van der Waals surface area (Å²) in [6.45, 7) is 0.389. The summed E-state index contributed by atoms with van der Waals surface area (Å²) in [5.74, 6) is -0.291. The maximum atomic E-state index is 12.2. The van der Waals surface area contributed by atoms with Crippen LogP contribution in [-0.4, -0.2) is 23.0 Å². The van der Waals surface area contributed by atoms with Crippen LogP contribution in [0.25, 0.3) is 0 Å². The van der Waals surface area contributed by atoms with Crippen molar-refractivity contribution in [3.05, 3.63) is 61.0 Å². The van der Waals surface area contributed by atoms with Crippen molar-refractivity contribution in [2.24, 2.45) is 0 Å². The van der Waals surface area contributed by atoms with Gasteiger partial charge in [0.05, 0.1) is 6.61 Å². The lowest BCUT2D eigenvalue weighted by atomic mass is 10.1. The number of hydrogen-bond acceptors (Lipinski definition) is 6. The third kappa shape index (κ3) is 4.77. The lowest BCUT2D eigenvalue weighted by Crippen LogP contribution is -2.12. The topological polar surface area (TPSA) is 64.1 Å². The van der Waals surface area contributed by atoms with Gasteiger partial charge in [0, 0.05) is 40.0 Å². The fraction of sp³-hybridized carbons (Fsp3) is 0.188. The molecule has 2 aromatic heterocycles. The quantitative estimate of drug-likeness (QED) is 0.624. The van der Waals surface area contributed by atoms with E-state index in [0.29, 0.717) is 33.9 Å². The van der Waals surface area contributed by atoms with Crippen LogP contribution in [0, 0.1) is 0 Å². The molecule has 0 radical (unpaired) electrons. The van der Waals surface area contributed by atoms with Gasteiger partial charge in [0.15, 0.2) is 5.13 Å². The third-order valence-corrected chi connectivity index (χ3v) is 5.54. The van der Waals surface area contributed by atoms with Crippen molar-refractivity contribution < 1.29 is 9.53 Å². The molecule has 0 aliphatic rings. The maximum absolute atomic E-state index is 12.2. The molecular formula is C16H13Cl2N3O2S2. The van der Waals surface area contributed by atoms with Crippen LogP contribution in [0.1, 0.15) is 25.9 Å². The Hall–Kier alpha value is -1.51. The number of nitrogens with one attached hydrogen (secondary N) is 1. The van der Waals surface area contributed by atoms with E-state index in [-0.39, 0.29) is 5.91 Å². The van der Waals surface area contributed by atoms with E-state index in [4.69, 9.17) is 27.9 Å². The SMILES string of the molecule is COCc1nc(C(=O)Nc2ncc(Cc3cc(Cl)ccc3Cl)s2)cs1. The van der Waals surface area contributed by atoms with Gasteiger partial charge in [0.1, 0.15) is 10.7 Å². The highest BCUT2D eigenvalue weighted by Crippen LogP contribution is 2.27. The summed E-state index contributed by atoms with van der Waals surface area (Å²) in [5, 5.41) is 7.00. The standard InChI is InChI=1S/C16H13Cl2N3O2S2/c1-23-7-14-20-13(8-24-14)15(22)21-16-19-6-11(25-16)5-9-4-10(17)2-3-12(9)18/h2-4,6,8H,5,7H2,1H3,(H,19,21,22). The van der Waals surface area contributed by atoms with Gasteiger partial charge in [0.2, 0.25) is 0 Å². The molecule has 0 fully saturated rings. The van der Waals surface area contributed by atoms with E-state index in [9.17, 15) is 4.79 Å². The van der Waals surface area contributed by atoms with Gasteiger partial charge in [-0.15, -0.1) is 22.7 Å². The highest BCUT2D eigenvalue weighted by atomic mass is 35.5. The minimum Gasteiger partial charge on any atom is -0.378 e. The Morgan fingerprint density at radius 1 is 1.36 bits per heavy atom. The molecule has 0 spiro atoms. The summed E-state index contributed by atoms with van der Waals surface area (Å²) in [4.78, 5) is 21.6. The number of anilines is 1. The van der Waals surface area contributed by atoms with Gasteiger partial charge >= 0.3 is 0 Å². The summed E-state index contributed by atoms with van der Waals surface area (Å²) in [7, 11) is 1.59. The van der Waals surface area contributed by atoms with Crippen molar-refractivity contribution in [3.63, 3.8) is 0 Å². The Labute approximate surface area is 162 Å².